The smallest absolute Gasteiger partial charge is 0.255 e. The Morgan fingerprint density at radius 3 is 2.80 bits per heavy atom. The van der Waals surface area contributed by atoms with Gasteiger partial charge in [0.25, 0.3) is 5.91 Å². The number of halogens is 2. The highest BCUT2D eigenvalue weighted by Crippen LogP contribution is 2.18. The molecule has 1 N–H and O–H groups in total. The largest absolute Gasteiger partial charge is 0.321 e. The van der Waals surface area contributed by atoms with Crippen molar-refractivity contribution in [1.82, 2.24) is 4.98 Å². The van der Waals surface area contributed by atoms with E-state index in [1.165, 1.54) is 18.2 Å². The minimum absolute atomic E-state index is 0.0511. The highest BCUT2D eigenvalue weighted by atomic mass is 35.5. The van der Waals surface area contributed by atoms with Crippen molar-refractivity contribution in [3.05, 3.63) is 58.1 Å². The van der Waals surface area contributed by atoms with Crippen LogP contribution in [-0.2, 0) is 0 Å². The van der Waals surface area contributed by atoms with Gasteiger partial charge in [-0.2, -0.15) is 5.26 Å². The lowest BCUT2D eigenvalue weighted by atomic mass is 10.1. The molecule has 6 heteroatoms. The molecule has 0 bridgehead atoms. The fraction of sp³-hybridized carbons (Fsp3) is 0.0714. The second-order valence-corrected chi connectivity index (χ2v) is 4.46. The summed E-state index contributed by atoms with van der Waals surface area (Å²) < 4.78 is 13.0. The van der Waals surface area contributed by atoms with Crippen molar-refractivity contribution in [2.24, 2.45) is 0 Å². The molecule has 0 saturated heterocycles. The number of nitrogens with zero attached hydrogens (tertiary/aromatic N) is 2. The van der Waals surface area contributed by atoms with Crippen molar-refractivity contribution in [3.63, 3.8) is 0 Å². The maximum atomic E-state index is 13.0. The predicted octanol–water partition coefficient (Wildman–Crippen LogP) is 3.31. The number of anilines is 1. The van der Waals surface area contributed by atoms with E-state index in [2.05, 4.69) is 10.3 Å². The second kappa shape index (κ2) is 5.68. The van der Waals surface area contributed by atoms with Crippen LogP contribution in [0.2, 0.25) is 5.15 Å². The molecule has 0 atom stereocenters. The van der Waals surface area contributed by atoms with Crippen LogP contribution < -0.4 is 5.32 Å². The first kappa shape index (κ1) is 14.0. The van der Waals surface area contributed by atoms with Crippen molar-refractivity contribution in [2.45, 2.75) is 6.92 Å². The average Bonchev–Trinajstić information content (AvgIpc) is 2.39. The molecule has 1 aromatic carbocycles. The van der Waals surface area contributed by atoms with Crippen molar-refractivity contribution in [3.8, 4) is 6.07 Å². The summed E-state index contributed by atoms with van der Waals surface area (Å²) in [6.45, 7) is 1.71. The van der Waals surface area contributed by atoms with Crippen molar-refractivity contribution in [2.75, 3.05) is 5.32 Å². The molecule has 0 saturated carbocycles. The SMILES string of the molecule is Cc1cc(C(=O)Nc2ccc(F)cc2C#N)cc(Cl)n1. The van der Waals surface area contributed by atoms with E-state index in [1.54, 1.807) is 13.0 Å². The van der Waals surface area contributed by atoms with Gasteiger partial charge in [-0.15, -0.1) is 0 Å². The summed E-state index contributed by atoms with van der Waals surface area (Å²) >= 11 is 5.78. The van der Waals surface area contributed by atoms with Gasteiger partial charge in [0, 0.05) is 11.3 Å². The van der Waals surface area contributed by atoms with Gasteiger partial charge in [0.05, 0.1) is 11.3 Å². The molecule has 0 aliphatic heterocycles. The third kappa shape index (κ3) is 3.11. The van der Waals surface area contributed by atoms with E-state index >= 15 is 0 Å². The van der Waals surface area contributed by atoms with Gasteiger partial charge in [-0.05, 0) is 37.3 Å². The van der Waals surface area contributed by atoms with Gasteiger partial charge in [-0.25, -0.2) is 9.37 Å². The number of pyridine rings is 1. The van der Waals surface area contributed by atoms with Crippen molar-refractivity contribution in [1.29, 1.82) is 5.26 Å². The van der Waals surface area contributed by atoms with Crippen LogP contribution in [0, 0.1) is 24.1 Å². The summed E-state index contributed by atoms with van der Waals surface area (Å²) in [5.74, 6) is -0.983. The topological polar surface area (TPSA) is 65.8 Å². The molecule has 1 heterocycles. The molecule has 0 radical (unpaired) electrons. The van der Waals surface area contributed by atoms with Crippen LogP contribution in [-0.4, -0.2) is 10.9 Å². The number of aromatic nitrogens is 1. The van der Waals surface area contributed by atoms with Crippen molar-refractivity contribution >= 4 is 23.2 Å². The molecule has 0 spiro atoms. The number of hydrogen-bond donors (Lipinski definition) is 1. The Kier molecular flexibility index (Phi) is 3.97. The Morgan fingerprint density at radius 1 is 1.40 bits per heavy atom. The maximum absolute atomic E-state index is 13.0. The summed E-state index contributed by atoms with van der Waals surface area (Å²) in [6.07, 6.45) is 0. The highest BCUT2D eigenvalue weighted by Gasteiger charge is 2.11. The third-order valence-corrected chi connectivity index (χ3v) is 2.73. The number of nitrogens with one attached hydrogen (secondary N) is 1. The van der Waals surface area contributed by atoms with Gasteiger partial charge in [-0.3, -0.25) is 4.79 Å². The Bertz CT molecular complexity index is 705. The molecule has 100 valence electrons. The van der Waals surface area contributed by atoms with Crippen LogP contribution in [0.1, 0.15) is 21.6 Å². The van der Waals surface area contributed by atoms with Crippen LogP contribution >= 0.6 is 11.6 Å². The number of benzene rings is 1. The van der Waals surface area contributed by atoms with E-state index in [-0.39, 0.29) is 16.4 Å². The zero-order valence-electron chi connectivity index (χ0n) is 10.4. The zero-order chi connectivity index (χ0) is 14.7. The summed E-state index contributed by atoms with van der Waals surface area (Å²) in [4.78, 5) is 16.0. The molecule has 0 unspecified atom stereocenters. The molecule has 0 aliphatic carbocycles. The Balaban J connectivity index is 2.30. The molecule has 1 aromatic heterocycles. The lowest BCUT2D eigenvalue weighted by Gasteiger charge is -2.08. The minimum atomic E-state index is -0.539. The molecule has 2 aromatic rings. The van der Waals surface area contributed by atoms with Crippen LogP contribution in [0.5, 0.6) is 0 Å². The number of amides is 1. The molecular weight excluding hydrogens is 281 g/mol. The fourth-order valence-corrected chi connectivity index (χ4v) is 1.92. The van der Waals surface area contributed by atoms with Gasteiger partial charge >= 0.3 is 0 Å². The lowest BCUT2D eigenvalue weighted by Crippen LogP contribution is -2.13. The first-order valence-corrected chi connectivity index (χ1v) is 6.02. The number of aryl methyl sites for hydroxylation is 1. The Morgan fingerprint density at radius 2 is 2.15 bits per heavy atom. The van der Waals surface area contributed by atoms with Crippen LogP contribution in [0.25, 0.3) is 0 Å². The summed E-state index contributed by atoms with van der Waals surface area (Å²) in [5, 5.41) is 11.7. The van der Waals surface area contributed by atoms with Crippen LogP contribution in [0.3, 0.4) is 0 Å². The first-order valence-electron chi connectivity index (χ1n) is 5.65. The van der Waals surface area contributed by atoms with E-state index in [0.29, 0.717) is 11.3 Å². The summed E-state index contributed by atoms with van der Waals surface area (Å²) in [6, 6.07) is 8.36. The summed E-state index contributed by atoms with van der Waals surface area (Å²) in [5.41, 5.74) is 1.21. The standard InChI is InChI=1S/C14H9ClFN3O/c1-8-4-9(6-13(15)18-8)14(20)19-12-3-2-11(16)5-10(12)7-17/h2-6H,1H3,(H,19,20). The lowest BCUT2D eigenvalue weighted by molar-refractivity contribution is 0.102. The predicted molar refractivity (Wildman–Crippen MR) is 73.1 cm³/mol. The van der Waals surface area contributed by atoms with Crippen LogP contribution in [0.4, 0.5) is 10.1 Å². The van der Waals surface area contributed by atoms with E-state index < -0.39 is 11.7 Å². The van der Waals surface area contributed by atoms with Gasteiger partial charge in [0.15, 0.2) is 0 Å². The van der Waals surface area contributed by atoms with E-state index in [4.69, 9.17) is 16.9 Å². The van der Waals surface area contributed by atoms with Gasteiger partial charge < -0.3 is 5.32 Å². The molecule has 0 fully saturated rings. The molecular formula is C14H9ClFN3O. The van der Waals surface area contributed by atoms with E-state index in [1.807, 2.05) is 6.07 Å². The molecule has 20 heavy (non-hydrogen) atoms. The number of hydrogen-bond acceptors (Lipinski definition) is 3. The molecule has 0 aliphatic rings. The summed E-state index contributed by atoms with van der Waals surface area (Å²) in [7, 11) is 0. The minimum Gasteiger partial charge on any atom is -0.321 e. The molecule has 4 nitrogen and oxygen atoms in total. The van der Waals surface area contributed by atoms with Crippen molar-refractivity contribution < 1.29 is 9.18 Å². The number of rotatable bonds is 2. The van der Waals surface area contributed by atoms with Crippen LogP contribution in [0.15, 0.2) is 30.3 Å². The average molecular weight is 290 g/mol. The maximum Gasteiger partial charge on any atom is 0.255 e. The fourth-order valence-electron chi connectivity index (χ4n) is 1.67. The molecule has 1 amide bonds. The number of carbonyl (C=O) groups is 1. The molecule has 2 rings (SSSR count). The van der Waals surface area contributed by atoms with Gasteiger partial charge in [0.1, 0.15) is 17.0 Å². The second-order valence-electron chi connectivity index (χ2n) is 4.08. The number of nitriles is 1. The number of carbonyl (C=O) groups excluding carboxylic acids is 1. The Hall–Kier alpha value is -2.45. The zero-order valence-corrected chi connectivity index (χ0v) is 11.2. The monoisotopic (exact) mass is 289 g/mol. The van der Waals surface area contributed by atoms with E-state index in [9.17, 15) is 9.18 Å². The van der Waals surface area contributed by atoms with Gasteiger partial charge in [0.2, 0.25) is 0 Å². The normalized spacial score (nSPS) is 9.90. The van der Waals surface area contributed by atoms with E-state index in [0.717, 1.165) is 6.07 Å². The Labute approximate surface area is 119 Å². The third-order valence-electron chi connectivity index (χ3n) is 2.53. The first-order chi connectivity index (χ1) is 9.49. The van der Waals surface area contributed by atoms with Gasteiger partial charge in [-0.1, -0.05) is 11.6 Å². The highest BCUT2D eigenvalue weighted by molar-refractivity contribution is 6.29. The quantitative estimate of drug-likeness (QED) is 0.863.